The molecule has 2 aliphatic carbocycles. The molecule has 6 heteroatoms. The fraction of sp³-hybridized carbons (Fsp3) is 0.727. The molecule has 3 atom stereocenters. The Kier molecular flexibility index (Phi) is 4.92. The second kappa shape index (κ2) is 7.29. The van der Waals surface area contributed by atoms with Crippen LogP contribution in [0, 0.1) is 0 Å². The van der Waals surface area contributed by atoms with Crippen LogP contribution < -0.4 is 10.0 Å². The molecule has 0 aromatic heterocycles. The molecule has 1 aromatic carbocycles. The number of nitrogens with zero attached hydrogens (tertiary/aromatic N) is 1. The second-order valence-electron chi connectivity index (χ2n) is 9.09. The van der Waals surface area contributed by atoms with E-state index in [0.29, 0.717) is 18.8 Å². The molecule has 2 fully saturated rings. The fourth-order valence-corrected chi connectivity index (χ4v) is 7.83. The fourth-order valence-electron chi connectivity index (χ4n) is 6.37. The summed E-state index contributed by atoms with van der Waals surface area (Å²) in [5, 5.41) is 3.26. The van der Waals surface area contributed by atoms with Crippen LogP contribution in [0.2, 0.25) is 0 Å². The quantitative estimate of drug-likeness (QED) is 0.717. The molecular formula is C22H33N3O2S. The topological polar surface area (TPSA) is 61.4 Å². The Morgan fingerprint density at radius 2 is 1.61 bits per heavy atom. The van der Waals surface area contributed by atoms with E-state index in [-0.39, 0.29) is 5.25 Å². The Hall–Kier alpha value is -1.11. The number of anilines is 1. The Morgan fingerprint density at radius 1 is 1.00 bits per heavy atom. The zero-order valence-electron chi connectivity index (χ0n) is 17.0. The zero-order chi connectivity index (χ0) is 19.3. The maximum Gasteiger partial charge on any atom is 0.216 e. The van der Waals surface area contributed by atoms with Gasteiger partial charge in [-0.2, -0.15) is 4.72 Å². The lowest BCUT2D eigenvalue weighted by Crippen LogP contribution is -2.49. The van der Waals surface area contributed by atoms with Crippen LogP contribution in [0.5, 0.6) is 0 Å². The standard InChI is InChI=1S/C22H33N3O2S/c1-2-25-17-9-10-18(25)13-19(12-17)28(26,27)24-14-23-22-20-7-3-5-15(20)11-16-6-4-8-21(16)22/h11,17-19,23-24H,2-10,12-14H2,1H3/t17-,18+,19+. The SMILES string of the molecule is CCN1[C@@H]2CC[C@H]1C[C@@H](S(=O)(=O)NCNc1c3c(cc4c1CCC4)CCC3)C2. The van der Waals surface area contributed by atoms with E-state index in [9.17, 15) is 8.42 Å². The second-order valence-corrected chi connectivity index (χ2v) is 11.1. The van der Waals surface area contributed by atoms with E-state index in [2.05, 4.69) is 27.9 Å². The summed E-state index contributed by atoms with van der Waals surface area (Å²) in [5.74, 6) is 0. The molecule has 154 valence electrons. The summed E-state index contributed by atoms with van der Waals surface area (Å²) < 4.78 is 28.9. The first kappa shape index (κ1) is 18.9. The van der Waals surface area contributed by atoms with Gasteiger partial charge >= 0.3 is 0 Å². The highest BCUT2D eigenvalue weighted by Gasteiger charge is 2.44. The Balaban J connectivity index is 1.27. The Bertz CT molecular complexity index is 821. The highest BCUT2D eigenvalue weighted by atomic mass is 32.2. The molecule has 5 rings (SSSR count). The molecule has 4 aliphatic rings. The van der Waals surface area contributed by atoms with Crippen molar-refractivity contribution < 1.29 is 8.42 Å². The Morgan fingerprint density at radius 3 is 2.18 bits per heavy atom. The van der Waals surface area contributed by atoms with Gasteiger partial charge < -0.3 is 5.32 Å². The molecule has 0 radical (unpaired) electrons. The van der Waals surface area contributed by atoms with E-state index in [1.165, 1.54) is 53.6 Å². The largest absolute Gasteiger partial charge is 0.371 e. The zero-order valence-corrected chi connectivity index (χ0v) is 17.8. The third-order valence-corrected chi connectivity index (χ3v) is 9.47. The normalized spacial score (nSPS) is 29.1. The van der Waals surface area contributed by atoms with Gasteiger partial charge in [0.25, 0.3) is 0 Å². The molecule has 2 heterocycles. The first-order valence-electron chi connectivity index (χ1n) is 11.2. The summed E-state index contributed by atoms with van der Waals surface area (Å²) in [5.41, 5.74) is 7.08. The van der Waals surface area contributed by atoms with Crippen molar-refractivity contribution in [3.05, 3.63) is 28.3 Å². The number of hydrogen-bond donors (Lipinski definition) is 2. The first-order chi connectivity index (χ1) is 13.6. The van der Waals surface area contributed by atoms with Crippen molar-refractivity contribution in [2.45, 2.75) is 88.5 Å². The van der Waals surface area contributed by atoms with Crippen LogP contribution >= 0.6 is 0 Å². The van der Waals surface area contributed by atoms with E-state index >= 15 is 0 Å². The maximum atomic E-state index is 13.0. The van der Waals surface area contributed by atoms with Crippen LogP contribution in [0.15, 0.2) is 6.07 Å². The minimum absolute atomic E-state index is 0.234. The molecule has 0 saturated carbocycles. The van der Waals surface area contributed by atoms with Gasteiger partial charge in [0.05, 0.1) is 11.9 Å². The van der Waals surface area contributed by atoms with E-state index < -0.39 is 10.0 Å². The van der Waals surface area contributed by atoms with Crippen LogP contribution in [-0.4, -0.2) is 43.9 Å². The summed E-state index contributed by atoms with van der Waals surface area (Å²) in [6, 6.07) is 3.33. The average molecular weight is 404 g/mol. The average Bonchev–Trinajstić information content (AvgIpc) is 3.38. The molecule has 0 unspecified atom stereocenters. The number of sulfonamides is 1. The molecular weight excluding hydrogens is 370 g/mol. The minimum Gasteiger partial charge on any atom is -0.371 e. The van der Waals surface area contributed by atoms with Crippen molar-refractivity contribution in [1.29, 1.82) is 0 Å². The highest BCUT2D eigenvalue weighted by molar-refractivity contribution is 7.90. The lowest BCUT2D eigenvalue weighted by atomic mass is 9.99. The van der Waals surface area contributed by atoms with E-state index in [0.717, 1.165) is 45.1 Å². The third kappa shape index (κ3) is 3.17. The first-order valence-corrected chi connectivity index (χ1v) is 12.8. The number of piperidine rings is 1. The molecule has 0 spiro atoms. The molecule has 2 aliphatic heterocycles. The smallest absolute Gasteiger partial charge is 0.216 e. The summed E-state index contributed by atoms with van der Waals surface area (Å²) in [6.07, 6.45) is 10.9. The Labute approximate surface area is 169 Å². The van der Waals surface area contributed by atoms with Crippen molar-refractivity contribution in [3.8, 4) is 0 Å². The van der Waals surface area contributed by atoms with E-state index in [4.69, 9.17) is 0 Å². The van der Waals surface area contributed by atoms with Crippen molar-refractivity contribution >= 4 is 15.7 Å². The van der Waals surface area contributed by atoms with Gasteiger partial charge in [-0.25, -0.2) is 8.42 Å². The van der Waals surface area contributed by atoms with E-state index in [1.807, 2.05) is 0 Å². The maximum absolute atomic E-state index is 13.0. The van der Waals surface area contributed by atoms with Crippen LogP contribution in [-0.2, 0) is 35.7 Å². The van der Waals surface area contributed by atoms with Gasteiger partial charge in [0.1, 0.15) is 0 Å². The van der Waals surface area contributed by atoms with Gasteiger partial charge in [-0.15, -0.1) is 0 Å². The van der Waals surface area contributed by atoms with E-state index in [1.54, 1.807) is 0 Å². The number of benzene rings is 1. The number of rotatable bonds is 6. The van der Waals surface area contributed by atoms with Gasteiger partial charge in [0, 0.05) is 17.8 Å². The summed E-state index contributed by atoms with van der Waals surface area (Å²) >= 11 is 0. The predicted molar refractivity (Wildman–Crippen MR) is 113 cm³/mol. The molecule has 0 amide bonds. The summed E-state index contributed by atoms with van der Waals surface area (Å²) in [7, 11) is -3.28. The van der Waals surface area contributed by atoms with Crippen LogP contribution in [0.4, 0.5) is 5.69 Å². The van der Waals surface area contributed by atoms with Crippen molar-refractivity contribution in [2.75, 3.05) is 18.5 Å². The van der Waals surface area contributed by atoms with Gasteiger partial charge in [-0.1, -0.05) is 13.0 Å². The minimum atomic E-state index is -3.28. The van der Waals surface area contributed by atoms with Gasteiger partial charge in [-0.05, 0) is 93.0 Å². The van der Waals surface area contributed by atoms with Crippen LogP contribution in [0.25, 0.3) is 0 Å². The van der Waals surface area contributed by atoms with Crippen molar-refractivity contribution in [1.82, 2.24) is 9.62 Å². The lowest BCUT2D eigenvalue weighted by molar-refractivity contribution is 0.150. The van der Waals surface area contributed by atoms with Gasteiger partial charge in [0.2, 0.25) is 10.0 Å². The monoisotopic (exact) mass is 403 g/mol. The van der Waals surface area contributed by atoms with Crippen LogP contribution in [0.3, 0.4) is 0 Å². The summed E-state index contributed by atoms with van der Waals surface area (Å²) in [6.45, 7) is 3.55. The highest BCUT2D eigenvalue weighted by Crippen LogP contribution is 2.39. The molecule has 2 bridgehead atoms. The molecule has 2 saturated heterocycles. The van der Waals surface area contributed by atoms with Crippen molar-refractivity contribution in [3.63, 3.8) is 0 Å². The van der Waals surface area contributed by atoms with Gasteiger partial charge in [-0.3, -0.25) is 4.90 Å². The predicted octanol–water partition coefficient (Wildman–Crippen LogP) is 2.97. The molecule has 28 heavy (non-hydrogen) atoms. The number of nitrogens with one attached hydrogen (secondary N) is 2. The van der Waals surface area contributed by atoms with Gasteiger partial charge in [0.15, 0.2) is 0 Å². The molecule has 2 N–H and O–H groups in total. The number of fused-ring (bicyclic) bond motifs is 4. The third-order valence-electron chi connectivity index (χ3n) is 7.66. The van der Waals surface area contributed by atoms with Crippen molar-refractivity contribution in [2.24, 2.45) is 0 Å². The lowest BCUT2D eigenvalue weighted by Gasteiger charge is -2.37. The number of hydrogen-bond acceptors (Lipinski definition) is 4. The number of aryl methyl sites for hydroxylation is 2. The molecule has 1 aromatic rings. The summed E-state index contributed by atoms with van der Waals surface area (Å²) in [4.78, 5) is 2.51. The molecule has 5 nitrogen and oxygen atoms in total. The van der Waals surface area contributed by atoms with Crippen LogP contribution in [0.1, 0.15) is 67.7 Å².